The van der Waals surface area contributed by atoms with E-state index in [4.69, 9.17) is 4.74 Å². The molecule has 0 aliphatic carbocycles. The molecular formula is C29H33OS+. The Hall–Kier alpha value is -2.97. The van der Waals surface area contributed by atoms with E-state index in [2.05, 4.69) is 81.1 Å². The first kappa shape index (κ1) is 24.3. The molecule has 1 nitrogen and oxygen atoms in total. The summed E-state index contributed by atoms with van der Waals surface area (Å²) in [4.78, 5) is 3.90. The van der Waals surface area contributed by atoms with Crippen LogP contribution in [0, 0.1) is 13.8 Å². The van der Waals surface area contributed by atoms with Gasteiger partial charge in [-0.3, -0.25) is 0 Å². The fourth-order valence-corrected chi connectivity index (χ4v) is 4.98. The van der Waals surface area contributed by atoms with Crippen molar-refractivity contribution < 1.29 is 4.74 Å². The van der Waals surface area contributed by atoms with E-state index in [1.807, 2.05) is 51.1 Å². The maximum absolute atomic E-state index is 5.98. The van der Waals surface area contributed by atoms with Gasteiger partial charge in [0.2, 0.25) is 0 Å². The highest BCUT2D eigenvalue weighted by molar-refractivity contribution is 7.97. The van der Waals surface area contributed by atoms with E-state index in [9.17, 15) is 0 Å². The van der Waals surface area contributed by atoms with Gasteiger partial charge in [-0.2, -0.15) is 0 Å². The second kappa shape index (κ2) is 12.7. The lowest BCUT2D eigenvalue weighted by Gasteiger charge is -2.10. The van der Waals surface area contributed by atoms with E-state index in [1.165, 1.54) is 25.8 Å². The van der Waals surface area contributed by atoms with Gasteiger partial charge in [-0.25, -0.2) is 0 Å². The van der Waals surface area contributed by atoms with Gasteiger partial charge in [-0.05, 0) is 81.5 Å². The molecule has 160 valence electrons. The smallest absolute Gasteiger partial charge is 0.166 e. The number of benzene rings is 3. The zero-order chi connectivity index (χ0) is 22.6. The van der Waals surface area contributed by atoms with Crippen LogP contribution in [0.1, 0.15) is 31.9 Å². The first-order chi connectivity index (χ1) is 15.1. The molecule has 0 saturated heterocycles. The molecule has 0 unspecified atom stereocenters. The van der Waals surface area contributed by atoms with Gasteiger partial charge in [-0.15, -0.1) is 0 Å². The molecular weight excluding hydrogens is 396 g/mol. The molecule has 2 heteroatoms. The van der Waals surface area contributed by atoms with Crippen LogP contribution >= 0.6 is 0 Å². The van der Waals surface area contributed by atoms with E-state index in [-0.39, 0.29) is 10.9 Å². The molecule has 0 aromatic heterocycles. The molecule has 3 rings (SSSR count). The summed E-state index contributed by atoms with van der Waals surface area (Å²) in [6.45, 7) is 14.0. The number of aryl methyl sites for hydroxylation is 2. The summed E-state index contributed by atoms with van der Waals surface area (Å²) in [5.74, 6) is 1.59. The van der Waals surface area contributed by atoms with E-state index >= 15 is 0 Å². The van der Waals surface area contributed by atoms with Gasteiger partial charge in [-0.1, -0.05) is 68.0 Å². The molecule has 0 saturated carbocycles. The Morgan fingerprint density at radius 1 is 0.742 bits per heavy atom. The second-order valence-electron chi connectivity index (χ2n) is 6.81. The highest BCUT2D eigenvalue weighted by atomic mass is 32.2. The number of ether oxygens (including phenoxy) is 1. The molecule has 0 amide bonds. The maximum Gasteiger partial charge on any atom is 0.166 e. The summed E-state index contributed by atoms with van der Waals surface area (Å²) in [6.07, 6.45) is 7.47. The van der Waals surface area contributed by atoms with Crippen molar-refractivity contribution in [3.05, 3.63) is 121 Å². The average molecular weight is 430 g/mol. The summed E-state index contributed by atoms with van der Waals surface area (Å²) in [5, 5.41) is 0. The maximum atomic E-state index is 5.98. The SMILES string of the molecule is C=C/C=C(\C=C/C)Oc1ccc([S+](c2ccc(C)cc2)c2ccc(C)cc2)cc1.CC. The summed E-state index contributed by atoms with van der Waals surface area (Å²) in [7, 11) is -0.159. The van der Waals surface area contributed by atoms with E-state index in [0.29, 0.717) is 0 Å². The predicted molar refractivity (Wildman–Crippen MR) is 136 cm³/mol. The normalized spacial score (nSPS) is 11.2. The molecule has 0 aliphatic rings. The molecule has 3 aromatic carbocycles. The van der Waals surface area contributed by atoms with Crippen LogP contribution in [-0.2, 0) is 10.9 Å². The third-order valence-electron chi connectivity index (χ3n) is 4.42. The fraction of sp³-hybridized carbons (Fsp3) is 0.172. The van der Waals surface area contributed by atoms with Gasteiger partial charge in [0, 0.05) is 0 Å². The van der Waals surface area contributed by atoms with Crippen LogP contribution in [0.25, 0.3) is 0 Å². The Balaban J connectivity index is 0.00000166. The van der Waals surface area contributed by atoms with Gasteiger partial charge in [0.15, 0.2) is 14.7 Å². The van der Waals surface area contributed by atoms with E-state index < -0.39 is 0 Å². The number of hydrogen-bond donors (Lipinski definition) is 0. The quantitative estimate of drug-likeness (QED) is 0.208. The van der Waals surface area contributed by atoms with Crippen LogP contribution in [0.5, 0.6) is 5.75 Å². The van der Waals surface area contributed by atoms with E-state index in [0.717, 1.165) is 11.5 Å². The number of hydrogen-bond acceptors (Lipinski definition) is 1. The first-order valence-corrected chi connectivity index (χ1v) is 11.9. The van der Waals surface area contributed by atoms with Crippen molar-refractivity contribution in [1.29, 1.82) is 0 Å². The molecule has 0 bridgehead atoms. The Morgan fingerprint density at radius 2 is 1.16 bits per heavy atom. The van der Waals surface area contributed by atoms with Crippen LogP contribution in [0.15, 0.2) is 124 Å². The van der Waals surface area contributed by atoms with Crippen LogP contribution < -0.4 is 4.74 Å². The lowest BCUT2D eigenvalue weighted by Crippen LogP contribution is -2.05. The van der Waals surface area contributed by atoms with Crippen molar-refractivity contribution >= 4 is 10.9 Å². The highest BCUT2D eigenvalue weighted by Gasteiger charge is 2.28. The molecule has 0 fully saturated rings. The Bertz CT molecular complexity index is 949. The number of allylic oxidation sites excluding steroid dienone is 4. The van der Waals surface area contributed by atoms with Gasteiger partial charge in [0.1, 0.15) is 11.5 Å². The molecule has 31 heavy (non-hydrogen) atoms. The van der Waals surface area contributed by atoms with Gasteiger partial charge >= 0.3 is 0 Å². The molecule has 0 N–H and O–H groups in total. The van der Waals surface area contributed by atoms with Gasteiger partial charge in [0.05, 0.1) is 10.9 Å². The Morgan fingerprint density at radius 3 is 1.55 bits per heavy atom. The van der Waals surface area contributed by atoms with Crippen molar-refractivity contribution in [2.24, 2.45) is 0 Å². The van der Waals surface area contributed by atoms with Gasteiger partial charge < -0.3 is 4.74 Å². The summed E-state index contributed by atoms with van der Waals surface area (Å²) in [6, 6.07) is 26.1. The van der Waals surface area contributed by atoms with Crippen LogP contribution in [0.4, 0.5) is 0 Å². The van der Waals surface area contributed by atoms with Crippen molar-refractivity contribution in [3.63, 3.8) is 0 Å². The molecule has 0 aliphatic heterocycles. The molecule has 0 radical (unpaired) electrons. The van der Waals surface area contributed by atoms with Crippen LogP contribution in [0.3, 0.4) is 0 Å². The minimum atomic E-state index is -0.159. The van der Waals surface area contributed by atoms with Crippen LogP contribution in [0.2, 0.25) is 0 Å². The lowest BCUT2D eigenvalue weighted by atomic mass is 10.2. The summed E-state index contributed by atoms with van der Waals surface area (Å²) >= 11 is 0. The summed E-state index contributed by atoms with van der Waals surface area (Å²) in [5.41, 5.74) is 2.55. The van der Waals surface area contributed by atoms with Gasteiger partial charge in [0.25, 0.3) is 0 Å². The molecule has 0 atom stereocenters. The molecule has 0 heterocycles. The highest BCUT2D eigenvalue weighted by Crippen LogP contribution is 2.32. The monoisotopic (exact) mass is 429 g/mol. The van der Waals surface area contributed by atoms with Crippen molar-refractivity contribution in [3.8, 4) is 5.75 Å². The minimum Gasteiger partial charge on any atom is -0.457 e. The van der Waals surface area contributed by atoms with Crippen LogP contribution in [-0.4, -0.2) is 0 Å². The van der Waals surface area contributed by atoms with Crippen molar-refractivity contribution in [1.82, 2.24) is 0 Å². The Kier molecular flexibility index (Phi) is 9.93. The van der Waals surface area contributed by atoms with E-state index in [1.54, 1.807) is 6.08 Å². The first-order valence-electron chi connectivity index (χ1n) is 10.7. The Labute approximate surface area is 191 Å². The van der Waals surface area contributed by atoms with Crippen molar-refractivity contribution in [2.75, 3.05) is 0 Å². The predicted octanol–water partition coefficient (Wildman–Crippen LogP) is 8.45. The largest absolute Gasteiger partial charge is 0.457 e. The zero-order valence-electron chi connectivity index (χ0n) is 19.3. The standard InChI is InChI=1S/C27H27OS.C2H6/c1-5-7-23(8-6-2)28-24-13-19-27(20-14-24)29(25-15-9-21(3)10-16-25)26-17-11-22(4)12-18-26;1-2/h5-20H,1H2,2-4H3;1-2H3/q+1;/b8-6-,23-7+;. The zero-order valence-corrected chi connectivity index (χ0v) is 20.1. The second-order valence-corrected chi connectivity index (χ2v) is 8.84. The topological polar surface area (TPSA) is 9.23 Å². The fourth-order valence-electron chi connectivity index (χ4n) is 2.94. The van der Waals surface area contributed by atoms with Crippen molar-refractivity contribution in [2.45, 2.75) is 49.3 Å². The summed E-state index contributed by atoms with van der Waals surface area (Å²) < 4.78 is 5.98. The molecule has 0 spiro atoms. The lowest BCUT2D eigenvalue weighted by molar-refractivity contribution is 0.444. The third-order valence-corrected chi connectivity index (χ3v) is 6.65. The molecule has 3 aromatic rings. The third kappa shape index (κ3) is 7.04. The minimum absolute atomic E-state index is 0.159. The average Bonchev–Trinajstić information content (AvgIpc) is 2.79. The number of rotatable bonds is 7.